The molecule has 47 heavy (non-hydrogen) atoms. The van der Waals surface area contributed by atoms with E-state index in [-0.39, 0.29) is 22.7 Å². The molecule has 5 aromatic carbocycles. The summed E-state index contributed by atoms with van der Waals surface area (Å²) in [6, 6.07) is 36.7. The number of rotatable bonds is 11. The van der Waals surface area contributed by atoms with Crippen LogP contribution < -0.4 is 21.7 Å². The molecule has 5 aromatic rings. The lowest BCUT2D eigenvalue weighted by molar-refractivity contribution is -0.116. The van der Waals surface area contributed by atoms with E-state index in [9.17, 15) is 23.6 Å². The number of nitrogens with two attached hydrogens (primary N) is 1. The van der Waals surface area contributed by atoms with Gasteiger partial charge in [-0.2, -0.15) is 0 Å². The molecule has 0 aliphatic heterocycles. The van der Waals surface area contributed by atoms with Crippen molar-refractivity contribution in [2.45, 2.75) is 10.1 Å². The van der Waals surface area contributed by atoms with Gasteiger partial charge in [0, 0.05) is 21.7 Å². The number of carbonyl (C=O) groups excluding carboxylic acids is 4. The number of hydrogen-bond donors (Lipinski definition) is 4. The Bertz CT molecular complexity index is 1950. The fourth-order valence-corrected chi connectivity index (χ4v) is 5.66. The van der Waals surface area contributed by atoms with Crippen molar-refractivity contribution in [1.29, 1.82) is 0 Å². The number of anilines is 2. The van der Waals surface area contributed by atoms with Crippen LogP contribution in [0.25, 0.3) is 6.08 Å². The molecule has 0 aromatic heterocycles. The summed E-state index contributed by atoms with van der Waals surface area (Å²) in [5.41, 5.74) is 7.33. The van der Waals surface area contributed by atoms with Crippen LogP contribution in [0.3, 0.4) is 0 Å². The van der Waals surface area contributed by atoms with Crippen LogP contribution in [-0.2, 0) is 9.59 Å². The van der Waals surface area contributed by atoms with Crippen LogP contribution in [-0.4, -0.2) is 23.6 Å². The average Bonchev–Trinajstić information content (AvgIpc) is 3.08. The van der Waals surface area contributed by atoms with Gasteiger partial charge in [-0.3, -0.25) is 19.2 Å². The number of amides is 4. The molecule has 234 valence electrons. The first kappa shape index (κ1) is 32.4. The minimum atomic E-state index is -0.746. The highest BCUT2D eigenvalue weighted by molar-refractivity contribution is 8.00. The van der Waals surface area contributed by atoms with E-state index in [1.165, 1.54) is 42.1 Å². The zero-order valence-electron chi connectivity index (χ0n) is 24.9. The topological polar surface area (TPSA) is 130 Å². The molecule has 0 saturated carbocycles. The molecule has 5 N–H and O–H groups in total. The lowest BCUT2D eigenvalue weighted by atomic mass is 10.1. The SMILES string of the molecule is NC(=O)c1ccccc1NC(=O)C(Sc1cccc(NC(=O)/C(=C\c2ccccc2F)NC(=O)c2ccccc2)c1)c1ccccc1. The molecule has 0 heterocycles. The first-order valence-electron chi connectivity index (χ1n) is 14.4. The van der Waals surface area contributed by atoms with Crippen molar-refractivity contribution in [1.82, 2.24) is 5.32 Å². The Hall–Kier alpha value is -6.00. The van der Waals surface area contributed by atoms with Gasteiger partial charge in [0.2, 0.25) is 5.91 Å². The van der Waals surface area contributed by atoms with E-state index in [2.05, 4.69) is 16.0 Å². The second kappa shape index (κ2) is 15.3. The third kappa shape index (κ3) is 8.59. The van der Waals surface area contributed by atoms with Crippen LogP contribution in [0.4, 0.5) is 15.8 Å². The average molecular weight is 645 g/mol. The van der Waals surface area contributed by atoms with Crippen LogP contribution in [0.5, 0.6) is 0 Å². The van der Waals surface area contributed by atoms with Crippen LogP contribution in [0.2, 0.25) is 0 Å². The minimum absolute atomic E-state index is 0.116. The predicted molar refractivity (Wildman–Crippen MR) is 182 cm³/mol. The van der Waals surface area contributed by atoms with E-state index in [4.69, 9.17) is 5.73 Å². The van der Waals surface area contributed by atoms with E-state index in [0.29, 0.717) is 27.4 Å². The molecule has 0 aliphatic carbocycles. The zero-order chi connectivity index (χ0) is 33.2. The second-order valence-corrected chi connectivity index (χ2v) is 11.4. The maximum atomic E-state index is 14.5. The molecule has 10 heteroatoms. The van der Waals surface area contributed by atoms with E-state index in [1.807, 2.05) is 30.3 Å². The van der Waals surface area contributed by atoms with Gasteiger partial charge in [0.05, 0.1) is 11.3 Å². The van der Waals surface area contributed by atoms with Gasteiger partial charge in [-0.25, -0.2) is 4.39 Å². The standard InChI is InChI=1S/C37H29FN4O4S/c38-30-20-9-7-16-26(30)22-32(42-35(44)25-14-5-2-6-15-25)36(45)40-27-17-11-18-28(23-27)47-33(24-12-3-1-4-13-24)37(46)41-31-21-10-8-19-29(31)34(39)43/h1-23,33H,(H2,39,43)(H,40,45)(H,41,46)(H,42,44)/b32-22+. The van der Waals surface area contributed by atoms with Crippen LogP contribution in [0.1, 0.15) is 37.1 Å². The van der Waals surface area contributed by atoms with Gasteiger partial charge in [0.25, 0.3) is 17.7 Å². The first-order valence-corrected chi connectivity index (χ1v) is 15.3. The Morgan fingerprint density at radius 1 is 0.723 bits per heavy atom. The zero-order valence-corrected chi connectivity index (χ0v) is 25.7. The lowest BCUT2D eigenvalue weighted by Gasteiger charge is -2.18. The highest BCUT2D eigenvalue weighted by atomic mass is 32.2. The largest absolute Gasteiger partial charge is 0.366 e. The fraction of sp³-hybridized carbons (Fsp3) is 0.0270. The Balaban J connectivity index is 1.39. The van der Waals surface area contributed by atoms with Crippen LogP contribution in [0, 0.1) is 5.82 Å². The number of nitrogens with one attached hydrogen (secondary N) is 3. The summed E-state index contributed by atoms with van der Waals surface area (Å²) in [5, 5.41) is 7.45. The van der Waals surface area contributed by atoms with Crippen LogP contribution in [0.15, 0.2) is 144 Å². The van der Waals surface area contributed by atoms with Crippen molar-refractivity contribution >= 4 is 52.8 Å². The van der Waals surface area contributed by atoms with Gasteiger partial charge in [-0.1, -0.05) is 84.9 Å². The minimum Gasteiger partial charge on any atom is -0.366 e. The highest BCUT2D eigenvalue weighted by Gasteiger charge is 2.24. The summed E-state index contributed by atoms with van der Waals surface area (Å²) in [6.45, 7) is 0. The molecule has 0 spiro atoms. The van der Waals surface area contributed by atoms with Crippen LogP contribution >= 0.6 is 11.8 Å². The molecule has 5 rings (SSSR count). The summed E-state index contributed by atoms with van der Waals surface area (Å²) < 4.78 is 14.5. The van der Waals surface area contributed by atoms with Gasteiger partial charge in [-0.15, -0.1) is 11.8 Å². The molecule has 0 radical (unpaired) electrons. The van der Waals surface area contributed by atoms with Crippen molar-refractivity contribution in [3.8, 4) is 0 Å². The van der Waals surface area contributed by atoms with Gasteiger partial charge >= 0.3 is 0 Å². The summed E-state index contributed by atoms with van der Waals surface area (Å²) in [4.78, 5) is 52.7. The van der Waals surface area contributed by atoms with E-state index in [1.54, 1.807) is 78.9 Å². The highest BCUT2D eigenvalue weighted by Crippen LogP contribution is 2.37. The monoisotopic (exact) mass is 644 g/mol. The summed E-state index contributed by atoms with van der Waals surface area (Å²) >= 11 is 1.23. The third-order valence-corrected chi connectivity index (χ3v) is 8.12. The van der Waals surface area contributed by atoms with Crippen molar-refractivity contribution in [3.05, 3.63) is 167 Å². The molecule has 0 fully saturated rings. The normalized spacial score (nSPS) is 11.6. The Morgan fingerprint density at radius 2 is 1.38 bits per heavy atom. The van der Waals surface area contributed by atoms with Gasteiger partial charge in [0.1, 0.15) is 16.8 Å². The molecular weight excluding hydrogens is 615 g/mol. The number of benzene rings is 5. The van der Waals surface area contributed by atoms with E-state index >= 15 is 0 Å². The second-order valence-electron chi connectivity index (χ2n) is 10.2. The number of hydrogen-bond acceptors (Lipinski definition) is 5. The summed E-state index contributed by atoms with van der Waals surface area (Å²) in [7, 11) is 0. The Labute approximate surface area is 274 Å². The van der Waals surface area contributed by atoms with E-state index < -0.39 is 28.8 Å². The number of thioether (sulfide) groups is 1. The Kier molecular flexibility index (Phi) is 10.6. The third-order valence-electron chi connectivity index (χ3n) is 6.87. The van der Waals surface area contributed by atoms with Gasteiger partial charge in [0.15, 0.2) is 0 Å². The van der Waals surface area contributed by atoms with Crippen molar-refractivity contribution in [2.75, 3.05) is 10.6 Å². The number of halogens is 1. The molecular formula is C37H29FN4O4S. The maximum absolute atomic E-state index is 14.5. The van der Waals surface area contributed by atoms with Crippen molar-refractivity contribution < 1.29 is 23.6 Å². The molecule has 0 bridgehead atoms. The van der Waals surface area contributed by atoms with Gasteiger partial charge in [-0.05, 0) is 60.2 Å². The lowest BCUT2D eigenvalue weighted by Crippen LogP contribution is -2.30. The molecule has 1 atom stereocenters. The maximum Gasteiger partial charge on any atom is 0.272 e. The van der Waals surface area contributed by atoms with Crippen molar-refractivity contribution in [2.24, 2.45) is 5.73 Å². The van der Waals surface area contributed by atoms with Gasteiger partial charge < -0.3 is 21.7 Å². The van der Waals surface area contributed by atoms with Crippen molar-refractivity contribution in [3.63, 3.8) is 0 Å². The molecule has 8 nitrogen and oxygen atoms in total. The summed E-state index contributed by atoms with van der Waals surface area (Å²) in [5.74, 6) is -2.84. The molecule has 1 unspecified atom stereocenters. The van der Waals surface area contributed by atoms with E-state index in [0.717, 1.165) is 0 Å². The molecule has 0 aliphatic rings. The fourth-order valence-electron chi connectivity index (χ4n) is 4.58. The number of carbonyl (C=O) groups is 4. The molecule has 4 amide bonds. The number of para-hydroxylation sites is 1. The summed E-state index contributed by atoms with van der Waals surface area (Å²) in [6.07, 6.45) is 1.27. The predicted octanol–water partition coefficient (Wildman–Crippen LogP) is 6.81. The first-order chi connectivity index (χ1) is 22.8. The molecule has 0 saturated heterocycles. The quantitative estimate of drug-likeness (QED) is 0.0928. The number of primary amides is 1. The smallest absolute Gasteiger partial charge is 0.272 e. The Morgan fingerprint density at radius 3 is 2.11 bits per heavy atom.